The van der Waals surface area contributed by atoms with Crippen LogP contribution in [0.25, 0.3) is 0 Å². The smallest absolute Gasteiger partial charge is 0.351 e. The number of anilines is 1. The van der Waals surface area contributed by atoms with E-state index in [1.165, 1.54) is 6.20 Å². The Morgan fingerprint density at radius 3 is 2.65 bits per heavy atom. The molecule has 4 atom stereocenters. The van der Waals surface area contributed by atoms with Gasteiger partial charge in [0.25, 0.3) is 0 Å². The molecule has 0 spiro atoms. The summed E-state index contributed by atoms with van der Waals surface area (Å²) in [7, 11) is 0. The second-order valence-electron chi connectivity index (χ2n) is 5.03. The third-order valence-electron chi connectivity index (χ3n) is 3.06. The summed E-state index contributed by atoms with van der Waals surface area (Å²) in [4.78, 5) is 15.8. The predicted octanol–water partition coefficient (Wildman–Crippen LogP) is -1.32. The molecular weight excluding hydrogens is 266 g/mol. The molecule has 1 aliphatic rings. The van der Waals surface area contributed by atoms with Gasteiger partial charge in [0.2, 0.25) is 0 Å². The molecule has 0 aliphatic carbocycles. The van der Waals surface area contributed by atoms with E-state index in [0.29, 0.717) is 5.82 Å². The van der Waals surface area contributed by atoms with Gasteiger partial charge in [0.1, 0.15) is 24.1 Å². The number of aliphatic hydroxyl groups is 3. The summed E-state index contributed by atoms with van der Waals surface area (Å²) in [5.41, 5.74) is -0.606. The van der Waals surface area contributed by atoms with Gasteiger partial charge in [0.05, 0.1) is 6.61 Å². The SMILES string of the molecule is CC(C)Nc1ccn([C@@H]2O[C@H](CO)[C@H](O)C2O)c(=O)n1. The quantitative estimate of drug-likeness (QED) is 0.542. The fourth-order valence-electron chi connectivity index (χ4n) is 2.09. The van der Waals surface area contributed by atoms with E-state index in [1.54, 1.807) is 6.07 Å². The molecular formula is C12H19N3O5. The van der Waals surface area contributed by atoms with Crippen LogP contribution in [0.1, 0.15) is 20.1 Å². The molecule has 20 heavy (non-hydrogen) atoms. The number of hydrogen-bond acceptors (Lipinski definition) is 7. The highest BCUT2D eigenvalue weighted by Crippen LogP contribution is 2.28. The summed E-state index contributed by atoms with van der Waals surface area (Å²) in [6, 6.07) is 1.71. The van der Waals surface area contributed by atoms with Crippen LogP contribution in [-0.2, 0) is 4.74 Å². The van der Waals surface area contributed by atoms with Crippen LogP contribution in [-0.4, -0.2) is 55.8 Å². The van der Waals surface area contributed by atoms with Crippen LogP contribution >= 0.6 is 0 Å². The van der Waals surface area contributed by atoms with Crippen LogP contribution in [0.4, 0.5) is 5.82 Å². The third kappa shape index (κ3) is 2.83. The second-order valence-corrected chi connectivity index (χ2v) is 5.03. The molecule has 4 N–H and O–H groups in total. The van der Waals surface area contributed by atoms with E-state index in [2.05, 4.69) is 10.3 Å². The lowest BCUT2D eigenvalue weighted by atomic mass is 10.1. The molecule has 0 aromatic carbocycles. The van der Waals surface area contributed by atoms with Gasteiger partial charge in [-0.05, 0) is 19.9 Å². The molecule has 1 saturated heterocycles. The number of nitrogens with zero attached hydrogens (tertiary/aromatic N) is 2. The lowest BCUT2D eigenvalue weighted by Gasteiger charge is -2.17. The monoisotopic (exact) mass is 285 g/mol. The van der Waals surface area contributed by atoms with Crippen LogP contribution in [0, 0.1) is 0 Å². The van der Waals surface area contributed by atoms with Gasteiger partial charge in [-0.2, -0.15) is 4.98 Å². The topological polar surface area (TPSA) is 117 Å². The van der Waals surface area contributed by atoms with Crippen molar-refractivity contribution in [1.29, 1.82) is 0 Å². The van der Waals surface area contributed by atoms with Gasteiger partial charge in [-0.25, -0.2) is 4.79 Å². The molecule has 0 amide bonds. The molecule has 1 aliphatic heterocycles. The number of nitrogens with one attached hydrogen (secondary N) is 1. The van der Waals surface area contributed by atoms with Crippen LogP contribution in [0.2, 0.25) is 0 Å². The van der Waals surface area contributed by atoms with Crippen molar-refractivity contribution < 1.29 is 20.1 Å². The number of aliphatic hydroxyl groups excluding tert-OH is 3. The zero-order valence-corrected chi connectivity index (χ0v) is 11.3. The minimum Gasteiger partial charge on any atom is -0.394 e. The summed E-state index contributed by atoms with van der Waals surface area (Å²) in [6.07, 6.45) is -3.09. The van der Waals surface area contributed by atoms with Crippen molar-refractivity contribution in [2.24, 2.45) is 0 Å². The number of ether oxygens (including phenoxy) is 1. The summed E-state index contributed by atoms with van der Waals surface area (Å²) in [5.74, 6) is 0.424. The van der Waals surface area contributed by atoms with Crippen molar-refractivity contribution in [3.8, 4) is 0 Å². The first kappa shape index (κ1) is 14.9. The summed E-state index contributed by atoms with van der Waals surface area (Å²) in [5, 5.41) is 31.5. The zero-order chi connectivity index (χ0) is 14.9. The highest BCUT2D eigenvalue weighted by Gasteiger charge is 2.43. The Labute approximate surface area is 115 Å². The Hall–Kier alpha value is -1.48. The first-order chi connectivity index (χ1) is 9.43. The number of hydrogen-bond donors (Lipinski definition) is 4. The van der Waals surface area contributed by atoms with E-state index in [0.717, 1.165) is 4.57 Å². The lowest BCUT2D eigenvalue weighted by molar-refractivity contribution is -0.0549. The molecule has 1 fully saturated rings. The number of rotatable bonds is 4. The van der Waals surface area contributed by atoms with Crippen molar-refractivity contribution in [2.45, 2.75) is 44.4 Å². The van der Waals surface area contributed by atoms with Crippen molar-refractivity contribution in [3.63, 3.8) is 0 Å². The fraction of sp³-hybridized carbons (Fsp3) is 0.667. The van der Waals surface area contributed by atoms with E-state index in [9.17, 15) is 15.0 Å². The molecule has 8 nitrogen and oxygen atoms in total. The van der Waals surface area contributed by atoms with Gasteiger partial charge < -0.3 is 25.4 Å². The zero-order valence-electron chi connectivity index (χ0n) is 11.3. The van der Waals surface area contributed by atoms with Gasteiger partial charge in [0.15, 0.2) is 6.23 Å². The Morgan fingerprint density at radius 2 is 2.15 bits per heavy atom. The van der Waals surface area contributed by atoms with E-state index in [1.807, 2.05) is 13.8 Å². The third-order valence-corrected chi connectivity index (χ3v) is 3.06. The van der Waals surface area contributed by atoms with E-state index < -0.39 is 36.8 Å². The molecule has 1 unspecified atom stereocenters. The van der Waals surface area contributed by atoms with Crippen molar-refractivity contribution in [3.05, 3.63) is 22.7 Å². The van der Waals surface area contributed by atoms with Gasteiger partial charge in [-0.3, -0.25) is 4.57 Å². The largest absolute Gasteiger partial charge is 0.394 e. The highest BCUT2D eigenvalue weighted by molar-refractivity contribution is 5.32. The van der Waals surface area contributed by atoms with E-state index in [4.69, 9.17) is 9.84 Å². The first-order valence-electron chi connectivity index (χ1n) is 6.42. The maximum absolute atomic E-state index is 11.9. The standard InChI is InChI=1S/C12H19N3O5/c1-6(2)13-8-3-4-15(12(19)14-8)11-10(18)9(17)7(5-16)20-11/h3-4,6-7,9-11,16-18H,5H2,1-2H3,(H,13,14,19)/t7-,9+,10?,11-/m1/s1. The van der Waals surface area contributed by atoms with Gasteiger partial charge in [0, 0.05) is 12.2 Å². The van der Waals surface area contributed by atoms with E-state index >= 15 is 0 Å². The van der Waals surface area contributed by atoms with E-state index in [-0.39, 0.29) is 6.04 Å². The summed E-state index contributed by atoms with van der Waals surface area (Å²) >= 11 is 0. The van der Waals surface area contributed by atoms with Crippen LogP contribution in [0.15, 0.2) is 17.1 Å². The minimum atomic E-state index is -1.30. The lowest BCUT2D eigenvalue weighted by Crippen LogP contribution is -2.36. The van der Waals surface area contributed by atoms with Gasteiger partial charge in [-0.15, -0.1) is 0 Å². The average Bonchev–Trinajstić information content (AvgIpc) is 2.66. The Bertz CT molecular complexity index is 518. The molecule has 0 bridgehead atoms. The summed E-state index contributed by atoms with van der Waals surface area (Å²) in [6.45, 7) is 3.39. The maximum Gasteiger partial charge on any atom is 0.351 e. The molecule has 112 valence electrons. The minimum absolute atomic E-state index is 0.131. The Balaban J connectivity index is 2.24. The second kappa shape index (κ2) is 5.88. The Morgan fingerprint density at radius 1 is 1.45 bits per heavy atom. The van der Waals surface area contributed by atoms with Crippen LogP contribution < -0.4 is 11.0 Å². The molecule has 2 rings (SSSR count). The van der Waals surface area contributed by atoms with Crippen molar-refractivity contribution in [1.82, 2.24) is 9.55 Å². The summed E-state index contributed by atoms with van der Waals surface area (Å²) < 4.78 is 6.37. The molecule has 1 aromatic heterocycles. The average molecular weight is 285 g/mol. The van der Waals surface area contributed by atoms with Gasteiger partial charge in [-0.1, -0.05) is 0 Å². The molecule has 2 heterocycles. The van der Waals surface area contributed by atoms with Crippen LogP contribution in [0.3, 0.4) is 0 Å². The highest BCUT2D eigenvalue weighted by atomic mass is 16.6. The molecule has 8 heteroatoms. The van der Waals surface area contributed by atoms with Crippen molar-refractivity contribution >= 4 is 5.82 Å². The van der Waals surface area contributed by atoms with Crippen molar-refractivity contribution in [2.75, 3.05) is 11.9 Å². The van der Waals surface area contributed by atoms with Crippen LogP contribution in [0.5, 0.6) is 0 Å². The molecule has 0 saturated carbocycles. The first-order valence-corrected chi connectivity index (χ1v) is 6.42. The molecule has 0 radical (unpaired) electrons. The normalized spacial score (nSPS) is 29.9. The predicted molar refractivity (Wildman–Crippen MR) is 70.3 cm³/mol. The fourth-order valence-corrected chi connectivity index (χ4v) is 2.09. The number of aromatic nitrogens is 2. The maximum atomic E-state index is 11.9. The Kier molecular flexibility index (Phi) is 4.39. The molecule has 1 aromatic rings. The van der Waals surface area contributed by atoms with Gasteiger partial charge >= 0.3 is 5.69 Å².